The van der Waals surface area contributed by atoms with Crippen LogP contribution in [0.3, 0.4) is 0 Å². The average Bonchev–Trinajstić information content (AvgIpc) is 2.41. The van der Waals surface area contributed by atoms with Crippen molar-refractivity contribution in [2.45, 2.75) is 19.0 Å². The molecular formula is C13H9Cl2F5N2O. The van der Waals surface area contributed by atoms with Gasteiger partial charge in [-0.25, -0.2) is 8.78 Å². The van der Waals surface area contributed by atoms with Crippen molar-refractivity contribution in [3.63, 3.8) is 0 Å². The van der Waals surface area contributed by atoms with Crippen molar-refractivity contribution in [2.75, 3.05) is 0 Å². The molecule has 0 unspecified atom stereocenters. The molecule has 0 aliphatic rings. The second-order valence-electron chi connectivity index (χ2n) is 4.34. The van der Waals surface area contributed by atoms with Gasteiger partial charge in [-0.15, -0.1) is 0 Å². The molecule has 0 spiro atoms. The van der Waals surface area contributed by atoms with Crippen LogP contribution in [0, 0.1) is 5.41 Å². The summed E-state index contributed by atoms with van der Waals surface area (Å²) < 4.78 is 62.7. The number of hydrogen-bond acceptors (Lipinski definition) is 3. The van der Waals surface area contributed by atoms with Crippen molar-refractivity contribution >= 4 is 35.2 Å². The first-order chi connectivity index (χ1) is 10.5. The summed E-state index contributed by atoms with van der Waals surface area (Å²) in [5.74, 6) is -0.980. The number of alkyl halides is 5. The van der Waals surface area contributed by atoms with E-state index in [4.69, 9.17) is 34.3 Å². The van der Waals surface area contributed by atoms with Gasteiger partial charge in [-0.3, -0.25) is 4.79 Å². The van der Waals surface area contributed by atoms with Gasteiger partial charge in [0.2, 0.25) is 0 Å². The molecule has 1 aromatic rings. The number of hydrogen-bond donors (Lipinski definition) is 2. The zero-order valence-electron chi connectivity index (χ0n) is 11.1. The topological polar surface area (TPSA) is 66.9 Å². The summed E-state index contributed by atoms with van der Waals surface area (Å²) >= 11 is 11.4. The number of nitrogens with two attached hydrogens (primary N) is 1. The number of nitrogens with one attached hydrogen (secondary N) is 1. The predicted octanol–water partition coefficient (Wildman–Crippen LogP) is 4.93. The number of Topliss-reactive ketones (excluding diaryl/α,β-unsaturated/α-hetero) is 1. The third kappa shape index (κ3) is 4.65. The monoisotopic (exact) mass is 374 g/mol. The van der Waals surface area contributed by atoms with Gasteiger partial charge in [-0.1, -0.05) is 23.2 Å². The van der Waals surface area contributed by atoms with Gasteiger partial charge < -0.3 is 11.1 Å². The fraction of sp³-hybridized carbons (Fsp3) is 0.231. The van der Waals surface area contributed by atoms with E-state index in [0.29, 0.717) is 0 Å². The number of benzene rings is 1. The van der Waals surface area contributed by atoms with E-state index >= 15 is 0 Å². The molecule has 0 aliphatic heterocycles. The van der Waals surface area contributed by atoms with Gasteiger partial charge in [0.05, 0.1) is 15.6 Å². The second-order valence-corrected chi connectivity index (χ2v) is 5.16. The predicted molar refractivity (Wildman–Crippen MR) is 76.4 cm³/mol. The highest BCUT2D eigenvalue weighted by molar-refractivity contribution is 6.40. The van der Waals surface area contributed by atoms with Crippen LogP contribution in [0.5, 0.6) is 0 Å². The highest BCUT2D eigenvalue weighted by Crippen LogP contribution is 2.33. The minimum Gasteiger partial charge on any atom is -0.394 e. The van der Waals surface area contributed by atoms with Gasteiger partial charge in [0.1, 0.15) is 5.70 Å². The molecule has 0 saturated carbocycles. The summed E-state index contributed by atoms with van der Waals surface area (Å²) in [4.78, 5) is 12.1. The minimum absolute atomic E-state index is 0.288. The van der Waals surface area contributed by atoms with Crippen molar-refractivity contribution in [1.29, 1.82) is 5.41 Å². The Kier molecular flexibility index (Phi) is 6.12. The van der Waals surface area contributed by atoms with Gasteiger partial charge in [0.15, 0.2) is 5.78 Å². The summed E-state index contributed by atoms with van der Waals surface area (Å²) in [6, 6.07) is 1.60. The molecule has 1 aromatic carbocycles. The van der Waals surface area contributed by atoms with Gasteiger partial charge in [0.25, 0.3) is 6.43 Å². The zero-order chi connectivity index (χ0) is 17.9. The summed E-state index contributed by atoms with van der Waals surface area (Å²) in [5.41, 5.74) is 1.53. The number of carbonyl (C=O) groups is 1. The van der Waals surface area contributed by atoms with Crippen molar-refractivity contribution in [1.82, 2.24) is 0 Å². The number of carbonyl (C=O) groups excluding carboxylic acids is 1. The van der Waals surface area contributed by atoms with E-state index in [-0.39, 0.29) is 6.21 Å². The fourth-order valence-electron chi connectivity index (χ4n) is 1.65. The van der Waals surface area contributed by atoms with Crippen LogP contribution in [0.1, 0.15) is 28.8 Å². The van der Waals surface area contributed by atoms with Gasteiger partial charge in [-0.2, -0.15) is 13.2 Å². The Labute approximate surface area is 137 Å². The van der Waals surface area contributed by atoms with Crippen molar-refractivity contribution in [2.24, 2.45) is 5.73 Å². The van der Waals surface area contributed by atoms with E-state index in [9.17, 15) is 26.7 Å². The SMILES string of the molecule is N=C/C(CC(=O)c1c(Cl)cc(C(F)F)cc1Cl)=C(\N)C(F)(F)F. The molecule has 23 heavy (non-hydrogen) atoms. The standard InChI is InChI=1S/C13H9Cl2F5N2O/c14-7-1-5(12(16)17)2-8(15)10(7)9(23)3-6(4-21)11(22)13(18,19)20/h1-2,4,12,21H,3,22H2/b11-6-,21-4?. The second kappa shape index (κ2) is 7.27. The fourth-order valence-corrected chi connectivity index (χ4v) is 2.37. The van der Waals surface area contributed by atoms with Crippen LogP contribution in [0.15, 0.2) is 23.4 Å². The van der Waals surface area contributed by atoms with Crippen LogP contribution < -0.4 is 5.73 Å². The highest BCUT2D eigenvalue weighted by atomic mass is 35.5. The molecule has 3 nitrogen and oxygen atoms in total. The van der Waals surface area contributed by atoms with Crippen LogP contribution in [0.2, 0.25) is 10.0 Å². The van der Waals surface area contributed by atoms with Crippen molar-refractivity contribution in [3.05, 3.63) is 44.6 Å². The van der Waals surface area contributed by atoms with E-state index in [1.165, 1.54) is 0 Å². The number of ketones is 1. The van der Waals surface area contributed by atoms with Gasteiger partial charge >= 0.3 is 6.18 Å². The number of rotatable bonds is 5. The summed E-state index contributed by atoms with van der Waals surface area (Å²) in [7, 11) is 0. The van der Waals surface area contributed by atoms with Crippen LogP contribution in [0.25, 0.3) is 0 Å². The molecule has 3 N–H and O–H groups in total. The first-order valence-electron chi connectivity index (χ1n) is 5.85. The quantitative estimate of drug-likeness (QED) is 0.436. The molecule has 0 aromatic heterocycles. The van der Waals surface area contributed by atoms with Crippen LogP contribution in [-0.2, 0) is 0 Å². The molecule has 0 radical (unpaired) electrons. The normalized spacial score (nSPS) is 13.0. The lowest BCUT2D eigenvalue weighted by Gasteiger charge is -2.12. The smallest absolute Gasteiger partial charge is 0.394 e. The van der Waals surface area contributed by atoms with E-state index < -0.39 is 57.2 Å². The summed E-state index contributed by atoms with van der Waals surface area (Å²) in [5, 5.41) is 6.10. The Morgan fingerprint density at radius 2 is 1.74 bits per heavy atom. The van der Waals surface area contributed by atoms with Crippen LogP contribution in [-0.4, -0.2) is 18.2 Å². The highest BCUT2D eigenvalue weighted by Gasteiger charge is 2.34. The largest absolute Gasteiger partial charge is 0.431 e. The van der Waals surface area contributed by atoms with Crippen LogP contribution in [0.4, 0.5) is 22.0 Å². The molecule has 10 heteroatoms. The Morgan fingerprint density at radius 1 is 1.26 bits per heavy atom. The molecule has 0 atom stereocenters. The average molecular weight is 375 g/mol. The molecule has 0 heterocycles. The van der Waals surface area contributed by atoms with Gasteiger partial charge in [-0.05, 0) is 12.1 Å². The molecule has 1 rings (SSSR count). The summed E-state index contributed by atoms with van der Waals surface area (Å²) in [6.45, 7) is 0. The Hall–Kier alpha value is -1.67. The first kappa shape index (κ1) is 19.4. The van der Waals surface area contributed by atoms with E-state index in [1.54, 1.807) is 0 Å². The molecule has 126 valence electrons. The molecule has 0 aliphatic carbocycles. The van der Waals surface area contributed by atoms with E-state index in [1.807, 2.05) is 0 Å². The lowest BCUT2D eigenvalue weighted by Crippen LogP contribution is -2.23. The lowest BCUT2D eigenvalue weighted by molar-refractivity contribution is -0.0932. The minimum atomic E-state index is -4.92. The maximum Gasteiger partial charge on any atom is 0.431 e. The molecule has 0 bridgehead atoms. The molecule has 0 fully saturated rings. The number of halogens is 7. The molecular weight excluding hydrogens is 366 g/mol. The van der Waals surface area contributed by atoms with E-state index in [2.05, 4.69) is 0 Å². The lowest BCUT2D eigenvalue weighted by atomic mass is 10.0. The summed E-state index contributed by atoms with van der Waals surface area (Å²) in [6.07, 6.45) is -8.41. The molecule has 0 saturated heterocycles. The third-order valence-electron chi connectivity index (χ3n) is 2.77. The van der Waals surface area contributed by atoms with Crippen molar-refractivity contribution in [3.8, 4) is 0 Å². The Balaban J connectivity index is 3.24. The van der Waals surface area contributed by atoms with Crippen LogP contribution >= 0.6 is 23.2 Å². The first-order valence-corrected chi connectivity index (χ1v) is 6.61. The van der Waals surface area contributed by atoms with E-state index in [0.717, 1.165) is 12.1 Å². The molecule has 0 amide bonds. The van der Waals surface area contributed by atoms with Crippen molar-refractivity contribution < 1.29 is 26.7 Å². The Morgan fingerprint density at radius 3 is 2.09 bits per heavy atom. The maximum absolute atomic E-state index is 12.6. The zero-order valence-corrected chi connectivity index (χ0v) is 12.7. The third-order valence-corrected chi connectivity index (χ3v) is 3.37. The maximum atomic E-state index is 12.6. The Bertz CT molecular complexity index is 648. The van der Waals surface area contributed by atoms with Gasteiger partial charge in [0, 0.05) is 23.8 Å². The number of allylic oxidation sites excluding steroid dienone is 2.